The summed E-state index contributed by atoms with van der Waals surface area (Å²) in [5.74, 6) is -13.3. The second kappa shape index (κ2) is 7.17. The maximum absolute atomic E-state index is 14.4. The highest BCUT2D eigenvalue weighted by molar-refractivity contribution is 9.10. The molecule has 1 aromatic rings. The van der Waals surface area contributed by atoms with Gasteiger partial charge in [-0.2, -0.15) is 21.6 Å². The van der Waals surface area contributed by atoms with Gasteiger partial charge in [0.1, 0.15) is 6.10 Å². The van der Waals surface area contributed by atoms with Crippen LogP contribution in [0.25, 0.3) is 0 Å². The number of hydrogen-bond donors (Lipinski definition) is 0. The second-order valence-corrected chi connectivity index (χ2v) is 11.6. The maximum Gasteiger partial charge on any atom is 0.420 e. The molecule has 4 unspecified atom stereocenters. The molecule has 1 saturated carbocycles. The van der Waals surface area contributed by atoms with E-state index in [1.807, 2.05) is 0 Å². The van der Waals surface area contributed by atoms with Crippen molar-refractivity contribution in [1.29, 1.82) is 0 Å². The predicted molar refractivity (Wildman–Crippen MR) is 94.1 cm³/mol. The Bertz CT molecular complexity index is 966. The van der Waals surface area contributed by atoms with Crippen LogP contribution >= 0.6 is 27.5 Å². The number of alkyl halides is 5. The lowest BCUT2D eigenvalue weighted by atomic mass is 9.87. The fourth-order valence-corrected chi connectivity index (χ4v) is 5.26. The topological polar surface area (TPSA) is 43.4 Å². The Morgan fingerprint density at radius 1 is 0.967 bits per heavy atom. The minimum absolute atomic E-state index is 0.418. The fourth-order valence-electron chi connectivity index (χ4n) is 3.92. The number of benzene rings is 1. The first-order valence-electron chi connectivity index (χ1n) is 7.98. The third kappa shape index (κ3) is 3.62. The molecular weight excluding hydrogens is 540 g/mol. The molecule has 2 rings (SSSR count). The van der Waals surface area contributed by atoms with E-state index in [0.717, 1.165) is 20.8 Å². The molecule has 4 atom stereocenters. The van der Waals surface area contributed by atoms with Crippen molar-refractivity contribution in [2.75, 3.05) is 6.26 Å². The van der Waals surface area contributed by atoms with Gasteiger partial charge in [0.05, 0.1) is 6.26 Å². The summed E-state index contributed by atoms with van der Waals surface area (Å²) in [5, 5.41) is 0. The lowest BCUT2D eigenvalue weighted by Gasteiger charge is -2.32. The number of halogens is 10. The summed E-state index contributed by atoms with van der Waals surface area (Å²) in [6.07, 6.45) is -7.44. The first kappa shape index (κ1) is 25.6. The van der Waals surface area contributed by atoms with E-state index in [1.165, 1.54) is 0 Å². The van der Waals surface area contributed by atoms with Crippen LogP contribution in [0.5, 0.6) is 0 Å². The summed E-state index contributed by atoms with van der Waals surface area (Å²) in [6.45, 7) is 3.25. The molecule has 0 heterocycles. The molecule has 1 aliphatic rings. The molecule has 0 radical (unpaired) electrons. The molecule has 0 saturated heterocycles. The summed E-state index contributed by atoms with van der Waals surface area (Å²) in [7, 11) is -4.61. The molecule has 0 amide bonds. The Kier molecular flexibility index (Phi) is 6.12. The van der Waals surface area contributed by atoms with Gasteiger partial charge in [0.15, 0.2) is 23.3 Å². The van der Waals surface area contributed by atoms with Crippen molar-refractivity contribution < 1.29 is 47.7 Å². The van der Waals surface area contributed by atoms with Crippen LogP contribution in [0.1, 0.15) is 26.3 Å². The summed E-state index contributed by atoms with van der Waals surface area (Å²) >= 11 is 7.71. The van der Waals surface area contributed by atoms with Crippen molar-refractivity contribution in [3.05, 3.63) is 34.6 Å². The molecule has 1 fully saturated rings. The van der Waals surface area contributed by atoms with Gasteiger partial charge in [-0.15, -0.1) is 0 Å². The first-order valence-corrected chi connectivity index (χ1v) is 11.0. The lowest BCUT2D eigenvalue weighted by molar-refractivity contribution is -0.157. The highest BCUT2D eigenvalue weighted by atomic mass is 79.9. The molecule has 0 N–H and O–H groups in total. The van der Waals surface area contributed by atoms with Crippen molar-refractivity contribution in [1.82, 2.24) is 0 Å². The lowest BCUT2D eigenvalue weighted by Crippen LogP contribution is -2.49. The summed E-state index contributed by atoms with van der Waals surface area (Å²) < 4.78 is 135. The van der Waals surface area contributed by atoms with Gasteiger partial charge in [0, 0.05) is 16.9 Å². The molecular formula is C16H14BrClF8O3S. The summed E-state index contributed by atoms with van der Waals surface area (Å²) in [5.41, 5.74) is -5.21. The van der Waals surface area contributed by atoms with Gasteiger partial charge in [-0.1, -0.05) is 48.3 Å². The van der Waals surface area contributed by atoms with Crippen LogP contribution in [0.3, 0.4) is 0 Å². The molecule has 30 heavy (non-hydrogen) atoms. The van der Waals surface area contributed by atoms with Crippen molar-refractivity contribution in [2.45, 2.75) is 42.2 Å². The smallest absolute Gasteiger partial charge is 0.263 e. The van der Waals surface area contributed by atoms with E-state index in [0.29, 0.717) is 6.26 Å². The highest BCUT2D eigenvalue weighted by Crippen LogP contribution is 2.74. The largest absolute Gasteiger partial charge is 0.420 e. The van der Waals surface area contributed by atoms with Crippen molar-refractivity contribution in [3.8, 4) is 0 Å². The third-order valence-electron chi connectivity index (χ3n) is 5.70. The molecule has 0 bridgehead atoms. The van der Waals surface area contributed by atoms with Gasteiger partial charge >= 0.3 is 6.18 Å². The summed E-state index contributed by atoms with van der Waals surface area (Å²) in [4.78, 5) is 0. The van der Waals surface area contributed by atoms with Crippen molar-refractivity contribution in [3.63, 3.8) is 0 Å². The molecule has 1 aliphatic carbocycles. The van der Waals surface area contributed by atoms with E-state index >= 15 is 0 Å². The second-order valence-electron chi connectivity index (χ2n) is 7.69. The van der Waals surface area contributed by atoms with Gasteiger partial charge < -0.3 is 0 Å². The van der Waals surface area contributed by atoms with Gasteiger partial charge in [-0.3, -0.25) is 4.18 Å². The highest BCUT2D eigenvalue weighted by Gasteiger charge is 2.78. The Balaban J connectivity index is 2.79. The normalized spacial score (nSPS) is 26.9. The van der Waals surface area contributed by atoms with E-state index in [1.54, 1.807) is 0 Å². The zero-order valence-corrected chi connectivity index (χ0v) is 18.7. The van der Waals surface area contributed by atoms with Crippen LogP contribution in [-0.4, -0.2) is 30.7 Å². The van der Waals surface area contributed by atoms with Crippen LogP contribution < -0.4 is 0 Å². The first-order chi connectivity index (χ1) is 13.1. The predicted octanol–water partition coefficient (Wildman–Crippen LogP) is 5.53. The van der Waals surface area contributed by atoms with E-state index in [9.17, 15) is 43.5 Å². The van der Waals surface area contributed by atoms with Gasteiger partial charge in [0.2, 0.25) is 9.60 Å². The zero-order chi connectivity index (χ0) is 23.8. The number of hydrogen-bond acceptors (Lipinski definition) is 3. The fraction of sp³-hybridized carbons (Fsp3) is 0.625. The Morgan fingerprint density at radius 3 is 1.67 bits per heavy atom. The maximum atomic E-state index is 14.4. The summed E-state index contributed by atoms with van der Waals surface area (Å²) in [6, 6.07) is 0. The van der Waals surface area contributed by atoms with Crippen molar-refractivity contribution >= 4 is 37.6 Å². The van der Waals surface area contributed by atoms with Crippen LogP contribution in [-0.2, 0) is 19.7 Å². The minimum atomic E-state index is -5.33. The Labute approximate surface area is 180 Å². The molecule has 3 nitrogen and oxygen atoms in total. The van der Waals surface area contributed by atoms with Gasteiger partial charge in [-0.05, 0) is 5.41 Å². The monoisotopic (exact) mass is 552 g/mol. The van der Waals surface area contributed by atoms with Crippen LogP contribution in [0.2, 0.25) is 0 Å². The van der Waals surface area contributed by atoms with Crippen LogP contribution in [0.4, 0.5) is 35.1 Å². The average Bonchev–Trinajstić information content (AvgIpc) is 2.99. The molecule has 172 valence electrons. The molecule has 0 aromatic heterocycles. The van der Waals surface area contributed by atoms with E-state index < -0.39 is 77.6 Å². The van der Waals surface area contributed by atoms with Crippen LogP contribution in [0, 0.1) is 40.4 Å². The van der Waals surface area contributed by atoms with E-state index in [4.69, 9.17) is 11.6 Å². The minimum Gasteiger partial charge on any atom is -0.263 e. The SMILES string of the molecule is CC1(C)C(C(OS(C)(=O)=O)C(Cl)(Br)C(F)(F)F)C1(C)c1c(F)c(F)c(F)c(F)c1F. The zero-order valence-electron chi connectivity index (χ0n) is 15.6. The van der Waals surface area contributed by atoms with E-state index in [2.05, 4.69) is 20.1 Å². The standard InChI is InChI=1S/C16H14BrClF8O3S/c1-13(2)11(12(29-30(4,27)28)15(17,18)16(24,25)26)14(13,3)5-6(19)8(21)10(23)9(22)7(5)20/h11-12H,1-4H3. The molecule has 0 spiro atoms. The van der Waals surface area contributed by atoms with Gasteiger partial charge in [-0.25, -0.2) is 22.0 Å². The van der Waals surface area contributed by atoms with E-state index in [-0.39, 0.29) is 0 Å². The third-order valence-corrected chi connectivity index (χ3v) is 7.59. The van der Waals surface area contributed by atoms with Gasteiger partial charge in [0.25, 0.3) is 10.1 Å². The van der Waals surface area contributed by atoms with Crippen LogP contribution in [0.15, 0.2) is 0 Å². The molecule has 1 aromatic carbocycles. The average molecular weight is 554 g/mol. The Morgan fingerprint density at radius 2 is 1.33 bits per heavy atom. The molecule has 14 heteroatoms. The molecule has 0 aliphatic heterocycles. The quantitative estimate of drug-likeness (QED) is 0.158. The Hall–Kier alpha value is -0.660. The number of rotatable bonds is 5. The van der Waals surface area contributed by atoms with Crippen molar-refractivity contribution in [2.24, 2.45) is 11.3 Å².